The fourth-order valence-electron chi connectivity index (χ4n) is 5.75. The summed E-state index contributed by atoms with van der Waals surface area (Å²) in [5, 5.41) is 22.6. The molecule has 0 bridgehead atoms. The normalized spacial score (nSPS) is 12.0. The molecule has 0 aliphatic rings. The Kier molecular flexibility index (Phi) is 14.5. The Labute approximate surface area is 312 Å². The molecule has 52 heavy (non-hydrogen) atoms. The van der Waals surface area contributed by atoms with Crippen molar-refractivity contribution in [2.75, 3.05) is 13.2 Å². The first-order valence-electron chi connectivity index (χ1n) is 18.1. The molecule has 0 saturated heterocycles. The van der Waals surface area contributed by atoms with Crippen LogP contribution in [0.2, 0.25) is 0 Å². The molecule has 0 amide bonds. The van der Waals surface area contributed by atoms with Crippen LogP contribution in [0.25, 0.3) is 11.1 Å². The van der Waals surface area contributed by atoms with Crippen molar-refractivity contribution < 1.29 is 32.3 Å². The monoisotopic (exact) mass is 740 g/mol. The number of rotatable bonds is 20. The number of para-hydroxylation sites is 1. The average Bonchev–Trinajstić information content (AvgIpc) is 3.16. The van der Waals surface area contributed by atoms with E-state index in [0.29, 0.717) is 46.1 Å². The number of hydrogen-bond donors (Lipinski definition) is 2. The van der Waals surface area contributed by atoms with Crippen molar-refractivity contribution in [3.05, 3.63) is 126 Å². The van der Waals surface area contributed by atoms with Crippen LogP contribution in [-0.2, 0) is 10.1 Å². The Morgan fingerprint density at radius 1 is 0.635 bits per heavy atom. The van der Waals surface area contributed by atoms with E-state index in [1.807, 2.05) is 42.5 Å². The number of aliphatic hydroxyl groups is 1. The molecule has 0 fully saturated rings. The standard InChI is InChI=1S/C43H48O7S2/c1-3-5-7-8-9-15-29-49-35-23-26-40(44)39(31-35)43(45)38-19-14-13-18-37(38)32-20-27-41(51-36-24-21-33(22-25-36)48-28-6-4-2)42(30-32)52(46,47)50-34-16-11-10-12-17-34/h10-14,16-27,30-31,43-45H,3-9,15,28-29H2,1-2H3. The molecule has 1 atom stereocenters. The second-order valence-electron chi connectivity index (χ2n) is 12.6. The van der Waals surface area contributed by atoms with Crippen molar-refractivity contribution in [3.8, 4) is 34.1 Å². The zero-order valence-corrected chi connectivity index (χ0v) is 31.5. The zero-order valence-electron chi connectivity index (χ0n) is 29.9. The minimum Gasteiger partial charge on any atom is -0.508 e. The van der Waals surface area contributed by atoms with Gasteiger partial charge in [0.25, 0.3) is 0 Å². The third-order valence-electron chi connectivity index (χ3n) is 8.61. The van der Waals surface area contributed by atoms with E-state index >= 15 is 0 Å². The molecule has 7 nitrogen and oxygen atoms in total. The number of unbranched alkanes of at least 4 members (excludes halogenated alkanes) is 6. The average molecular weight is 741 g/mol. The Morgan fingerprint density at radius 3 is 2.06 bits per heavy atom. The maximum Gasteiger partial charge on any atom is 0.340 e. The van der Waals surface area contributed by atoms with Gasteiger partial charge < -0.3 is 23.9 Å². The third-order valence-corrected chi connectivity index (χ3v) is 11.1. The van der Waals surface area contributed by atoms with E-state index in [1.165, 1.54) is 43.5 Å². The number of benzene rings is 5. The fourth-order valence-corrected chi connectivity index (χ4v) is 8.04. The smallest absolute Gasteiger partial charge is 0.340 e. The molecule has 2 N–H and O–H groups in total. The van der Waals surface area contributed by atoms with Crippen LogP contribution in [0.4, 0.5) is 0 Å². The van der Waals surface area contributed by atoms with E-state index in [1.54, 1.807) is 66.7 Å². The zero-order chi connectivity index (χ0) is 36.8. The molecule has 0 radical (unpaired) electrons. The molecule has 5 aromatic carbocycles. The Bertz CT molecular complexity index is 1960. The Balaban J connectivity index is 1.44. The number of hydrogen-bond acceptors (Lipinski definition) is 8. The van der Waals surface area contributed by atoms with Gasteiger partial charge in [-0.15, -0.1) is 0 Å². The lowest BCUT2D eigenvalue weighted by Gasteiger charge is -2.19. The number of aliphatic hydroxyl groups excluding tert-OH is 1. The van der Waals surface area contributed by atoms with E-state index in [4.69, 9.17) is 13.7 Å². The van der Waals surface area contributed by atoms with Crippen molar-refractivity contribution in [2.45, 2.75) is 86.0 Å². The summed E-state index contributed by atoms with van der Waals surface area (Å²) in [5.41, 5.74) is 1.96. The summed E-state index contributed by atoms with van der Waals surface area (Å²) in [5.74, 6) is 1.44. The van der Waals surface area contributed by atoms with Crippen LogP contribution in [0.3, 0.4) is 0 Å². The lowest BCUT2D eigenvalue weighted by Crippen LogP contribution is -2.11. The van der Waals surface area contributed by atoms with E-state index in [9.17, 15) is 18.6 Å². The highest BCUT2D eigenvalue weighted by Crippen LogP contribution is 2.41. The van der Waals surface area contributed by atoms with Crippen molar-refractivity contribution >= 4 is 21.9 Å². The summed E-state index contributed by atoms with van der Waals surface area (Å²) < 4.78 is 45.3. The largest absolute Gasteiger partial charge is 0.508 e. The molecule has 0 aliphatic heterocycles. The van der Waals surface area contributed by atoms with Gasteiger partial charge in [-0.05, 0) is 96.3 Å². The van der Waals surface area contributed by atoms with Gasteiger partial charge in [0.15, 0.2) is 0 Å². The van der Waals surface area contributed by atoms with Gasteiger partial charge in [-0.25, -0.2) is 0 Å². The van der Waals surface area contributed by atoms with Gasteiger partial charge in [0.1, 0.15) is 34.0 Å². The molecular weight excluding hydrogens is 693 g/mol. The van der Waals surface area contributed by atoms with Crippen LogP contribution >= 0.6 is 11.8 Å². The van der Waals surface area contributed by atoms with Crippen molar-refractivity contribution in [1.82, 2.24) is 0 Å². The van der Waals surface area contributed by atoms with E-state index in [2.05, 4.69) is 13.8 Å². The molecule has 0 heterocycles. The predicted molar refractivity (Wildman–Crippen MR) is 208 cm³/mol. The second-order valence-corrected chi connectivity index (χ2v) is 15.2. The molecule has 0 spiro atoms. The summed E-state index contributed by atoms with van der Waals surface area (Å²) in [6.45, 7) is 5.49. The SMILES string of the molecule is CCCCCCCCOc1ccc(O)c(C(O)c2ccccc2-c2ccc(Sc3ccc(OCCCC)cc3)c(S(=O)(=O)Oc3ccccc3)c2)c1. The second kappa shape index (κ2) is 19.4. The van der Waals surface area contributed by atoms with Crippen molar-refractivity contribution in [1.29, 1.82) is 0 Å². The minimum absolute atomic E-state index is 0.0145. The number of ether oxygens (including phenoxy) is 2. The molecule has 5 rings (SSSR count). The van der Waals surface area contributed by atoms with Crippen LogP contribution in [0.1, 0.15) is 82.4 Å². The number of phenols is 1. The van der Waals surface area contributed by atoms with E-state index < -0.39 is 16.2 Å². The van der Waals surface area contributed by atoms with Crippen LogP contribution in [0.15, 0.2) is 130 Å². The summed E-state index contributed by atoms with van der Waals surface area (Å²) in [6.07, 6.45) is 7.65. The summed E-state index contributed by atoms with van der Waals surface area (Å²) in [7, 11) is -4.30. The molecule has 0 saturated carbocycles. The number of phenolic OH excluding ortho intramolecular Hbond substituents is 1. The third kappa shape index (κ3) is 10.8. The Hall–Kier alpha value is -4.44. The van der Waals surface area contributed by atoms with Gasteiger partial charge in [0.2, 0.25) is 0 Å². The van der Waals surface area contributed by atoms with Gasteiger partial charge in [-0.2, -0.15) is 8.42 Å². The highest BCUT2D eigenvalue weighted by molar-refractivity contribution is 8.00. The van der Waals surface area contributed by atoms with Crippen LogP contribution < -0.4 is 13.7 Å². The topological polar surface area (TPSA) is 102 Å². The quantitative estimate of drug-likeness (QED) is 0.0601. The molecule has 274 valence electrons. The van der Waals surface area contributed by atoms with Crippen molar-refractivity contribution in [3.63, 3.8) is 0 Å². The maximum atomic E-state index is 13.9. The lowest BCUT2D eigenvalue weighted by atomic mass is 9.92. The first-order chi connectivity index (χ1) is 25.3. The molecule has 1 unspecified atom stereocenters. The van der Waals surface area contributed by atoms with Crippen molar-refractivity contribution in [2.24, 2.45) is 0 Å². The summed E-state index contributed by atoms with van der Waals surface area (Å²) in [6, 6.07) is 33.2. The summed E-state index contributed by atoms with van der Waals surface area (Å²) >= 11 is 1.31. The van der Waals surface area contributed by atoms with Gasteiger partial charge in [-0.1, -0.05) is 113 Å². The molecule has 0 aliphatic carbocycles. The highest BCUT2D eigenvalue weighted by Gasteiger charge is 2.25. The van der Waals surface area contributed by atoms with Gasteiger partial charge in [0, 0.05) is 15.4 Å². The van der Waals surface area contributed by atoms with E-state index in [0.717, 1.165) is 36.3 Å². The first-order valence-corrected chi connectivity index (χ1v) is 20.3. The fraction of sp³-hybridized carbons (Fsp3) is 0.302. The highest BCUT2D eigenvalue weighted by atomic mass is 32.2. The lowest BCUT2D eigenvalue weighted by molar-refractivity contribution is 0.215. The minimum atomic E-state index is -4.30. The molecule has 9 heteroatoms. The predicted octanol–water partition coefficient (Wildman–Crippen LogP) is 11.0. The Morgan fingerprint density at radius 2 is 1.29 bits per heavy atom. The first kappa shape index (κ1) is 38.8. The molecule has 0 aromatic heterocycles. The van der Waals surface area contributed by atoms with Gasteiger partial charge >= 0.3 is 10.1 Å². The number of aromatic hydroxyl groups is 1. The van der Waals surface area contributed by atoms with Gasteiger partial charge in [0.05, 0.1) is 13.2 Å². The summed E-state index contributed by atoms with van der Waals surface area (Å²) in [4.78, 5) is 1.29. The molecule has 5 aromatic rings. The van der Waals surface area contributed by atoms with Gasteiger partial charge in [-0.3, -0.25) is 0 Å². The van der Waals surface area contributed by atoms with Crippen LogP contribution in [-0.4, -0.2) is 31.8 Å². The van der Waals surface area contributed by atoms with Crippen LogP contribution in [0, 0.1) is 0 Å². The molecular formula is C43H48O7S2. The van der Waals surface area contributed by atoms with Crippen LogP contribution in [0.5, 0.6) is 23.0 Å². The van der Waals surface area contributed by atoms with E-state index in [-0.39, 0.29) is 16.4 Å². The maximum absolute atomic E-state index is 13.9.